The molecule has 0 aliphatic heterocycles. The van der Waals surface area contributed by atoms with Gasteiger partial charge >= 0.3 is 0 Å². The van der Waals surface area contributed by atoms with E-state index in [1.54, 1.807) is 6.07 Å². The number of fused-ring (bicyclic) bond motifs is 1. The van der Waals surface area contributed by atoms with E-state index in [4.69, 9.17) is 0 Å². The highest BCUT2D eigenvalue weighted by molar-refractivity contribution is 5.44. The fourth-order valence-electron chi connectivity index (χ4n) is 2.52. The number of hydrogen-bond acceptors (Lipinski definition) is 3. The molecule has 2 aromatic heterocycles. The van der Waals surface area contributed by atoms with Gasteiger partial charge in [-0.25, -0.2) is 4.98 Å². The lowest BCUT2D eigenvalue weighted by molar-refractivity contribution is 0.568. The summed E-state index contributed by atoms with van der Waals surface area (Å²) in [6.45, 7) is 0. The predicted molar refractivity (Wildman–Crippen MR) is 66.7 cm³/mol. The minimum atomic E-state index is -0.453. The average Bonchev–Trinajstić information content (AvgIpc) is 2.76. The second kappa shape index (κ2) is 4.40. The van der Waals surface area contributed by atoms with Crippen molar-refractivity contribution in [3.63, 3.8) is 0 Å². The van der Waals surface area contributed by atoms with E-state index >= 15 is 0 Å². The summed E-state index contributed by atoms with van der Waals surface area (Å²) in [6, 6.07) is 3.33. The first-order valence-electron chi connectivity index (χ1n) is 6.13. The number of aryl methyl sites for hydroxylation is 1. The van der Waals surface area contributed by atoms with E-state index in [1.807, 2.05) is 17.9 Å². The van der Waals surface area contributed by atoms with Gasteiger partial charge in [-0.15, -0.1) is 0 Å². The Morgan fingerprint density at radius 3 is 3.06 bits per heavy atom. The number of nitrogens with zero attached hydrogens (tertiary/aromatic N) is 3. The van der Waals surface area contributed by atoms with Crippen LogP contribution in [0.15, 0.2) is 24.5 Å². The van der Waals surface area contributed by atoms with Crippen LogP contribution < -0.4 is 5.32 Å². The Bertz CT molecular complexity index is 547. The van der Waals surface area contributed by atoms with E-state index in [2.05, 4.69) is 15.4 Å². The number of anilines is 1. The zero-order valence-electron chi connectivity index (χ0n) is 10.2. The standard InChI is InChI=1S/C13H15FN4/c1-18-12-4-2-3-11(10(12)8-16-18)17-9-5-6-13(14)15-7-9/h5-8,11,17H,2-4H2,1H3. The molecule has 0 saturated heterocycles. The molecule has 94 valence electrons. The number of nitrogens with one attached hydrogen (secondary N) is 1. The van der Waals surface area contributed by atoms with E-state index in [1.165, 1.54) is 23.5 Å². The summed E-state index contributed by atoms with van der Waals surface area (Å²) in [4.78, 5) is 3.66. The Morgan fingerprint density at radius 2 is 2.28 bits per heavy atom. The maximum atomic E-state index is 12.8. The third-order valence-electron chi connectivity index (χ3n) is 3.44. The molecule has 1 unspecified atom stereocenters. The molecule has 3 rings (SSSR count). The summed E-state index contributed by atoms with van der Waals surface area (Å²) in [6.07, 6.45) is 6.73. The first-order valence-corrected chi connectivity index (χ1v) is 6.13. The first-order chi connectivity index (χ1) is 8.74. The van der Waals surface area contributed by atoms with Crippen molar-refractivity contribution in [1.82, 2.24) is 14.8 Å². The van der Waals surface area contributed by atoms with Crippen LogP contribution in [0.4, 0.5) is 10.1 Å². The normalized spacial score (nSPS) is 18.4. The van der Waals surface area contributed by atoms with Gasteiger partial charge in [0.25, 0.3) is 0 Å². The quantitative estimate of drug-likeness (QED) is 0.828. The number of rotatable bonds is 2. The number of hydrogen-bond donors (Lipinski definition) is 1. The highest BCUT2D eigenvalue weighted by Crippen LogP contribution is 2.31. The fourth-order valence-corrected chi connectivity index (χ4v) is 2.52. The second-order valence-electron chi connectivity index (χ2n) is 4.63. The summed E-state index contributed by atoms with van der Waals surface area (Å²) in [5.41, 5.74) is 3.37. The van der Waals surface area contributed by atoms with Crippen LogP contribution in [0.1, 0.15) is 30.1 Å². The number of pyridine rings is 1. The minimum Gasteiger partial charge on any atom is -0.377 e. The van der Waals surface area contributed by atoms with Crippen LogP contribution in [0.2, 0.25) is 0 Å². The largest absolute Gasteiger partial charge is 0.377 e. The molecule has 0 aromatic carbocycles. The van der Waals surface area contributed by atoms with Crippen LogP contribution in [0, 0.1) is 5.95 Å². The van der Waals surface area contributed by atoms with Gasteiger partial charge in [-0.05, 0) is 31.4 Å². The topological polar surface area (TPSA) is 42.7 Å². The average molecular weight is 246 g/mol. The Morgan fingerprint density at radius 1 is 1.39 bits per heavy atom. The highest BCUT2D eigenvalue weighted by Gasteiger charge is 2.23. The van der Waals surface area contributed by atoms with Gasteiger partial charge in [-0.3, -0.25) is 4.68 Å². The van der Waals surface area contributed by atoms with Crippen molar-refractivity contribution in [1.29, 1.82) is 0 Å². The van der Waals surface area contributed by atoms with Crippen LogP contribution in [-0.4, -0.2) is 14.8 Å². The molecule has 2 aromatic rings. The van der Waals surface area contributed by atoms with Gasteiger partial charge in [0.05, 0.1) is 24.1 Å². The molecular formula is C13H15FN4. The van der Waals surface area contributed by atoms with Crippen LogP contribution in [0.25, 0.3) is 0 Å². The summed E-state index contributed by atoms with van der Waals surface area (Å²) in [5, 5.41) is 7.70. The fraction of sp³-hybridized carbons (Fsp3) is 0.385. The van der Waals surface area contributed by atoms with Gasteiger partial charge in [0.15, 0.2) is 0 Å². The third kappa shape index (κ3) is 1.96. The lowest BCUT2D eigenvalue weighted by Crippen LogP contribution is -2.17. The predicted octanol–water partition coefficient (Wildman–Crippen LogP) is 2.44. The molecule has 4 nitrogen and oxygen atoms in total. The first kappa shape index (κ1) is 11.2. The molecule has 1 atom stereocenters. The van der Waals surface area contributed by atoms with Crippen LogP contribution in [0.5, 0.6) is 0 Å². The van der Waals surface area contributed by atoms with Crippen molar-refractivity contribution < 1.29 is 4.39 Å². The van der Waals surface area contributed by atoms with Crippen molar-refractivity contribution >= 4 is 5.69 Å². The van der Waals surface area contributed by atoms with Gasteiger partial charge in [0, 0.05) is 18.3 Å². The zero-order valence-corrected chi connectivity index (χ0v) is 10.2. The molecule has 1 aliphatic rings. The molecule has 18 heavy (non-hydrogen) atoms. The SMILES string of the molecule is Cn1ncc2c1CCCC2Nc1ccc(F)nc1. The molecule has 0 bridgehead atoms. The maximum Gasteiger partial charge on any atom is 0.212 e. The molecule has 1 N–H and O–H groups in total. The van der Waals surface area contributed by atoms with Gasteiger partial charge in [-0.2, -0.15) is 9.49 Å². The zero-order chi connectivity index (χ0) is 12.5. The third-order valence-corrected chi connectivity index (χ3v) is 3.44. The van der Waals surface area contributed by atoms with Crippen molar-refractivity contribution in [2.45, 2.75) is 25.3 Å². The van der Waals surface area contributed by atoms with E-state index < -0.39 is 5.95 Å². The van der Waals surface area contributed by atoms with Crippen LogP contribution in [0.3, 0.4) is 0 Å². The van der Waals surface area contributed by atoms with Gasteiger partial charge in [-0.1, -0.05) is 0 Å². The molecule has 5 heteroatoms. The lowest BCUT2D eigenvalue weighted by atomic mass is 9.93. The molecule has 0 radical (unpaired) electrons. The molecular weight excluding hydrogens is 231 g/mol. The molecule has 1 aliphatic carbocycles. The van der Waals surface area contributed by atoms with Crippen molar-refractivity contribution in [2.75, 3.05) is 5.32 Å². The van der Waals surface area contributed by atoms with E-state index in [-0.39, 0.29) is 6.04 Å². The highest BCUT2D eigenvalue weighted by atomic mass is 19.1. The summed E-state index contributed by atoms with van der Waals surface area (Å²) in [5.74, 6) is -0.453. The molecule has 0 spiro atoms. The van der Waals surface area contributed by atoms with Gasteiger partial charge in [0.1, 0.15) is 0 Å². The molecule has 2 heterocycles. The summed E-state index contributed by atoms with van der Waals surface area (Å²) < 4.78 is 14.7. The van der Waals surface area contributed by atoms with Crippen molar-refractivity contribution in [2.24, 2.45) is 7.05 Å². The Hall–Kier alpha value is -1.91. The van der Waals surface area contributed by atoms with Gasteiger partial charge < -0.3 is 5.32 Å². The molecule has 0 saturated carbocycles. The minimum absolute atomic E-state index is 0.245. The maximum absolute atomic E-state index is 12.8. The Labute approximate surface area is 105 Å². The Kier molecular flexibility index (Phi) is 2.74. The van der Waals surface area contributed by atoms with Crippen molar-refractivity contribution in [3.8, 4) is 0 Å². The Balaban J connectivity index is 1.84. The second-order valence-corrected chi connectivity index (χ2v) is 4.63. The molecule has 0 amide bonds. The van der Waals surface area contributed by atoms with Crippen molar-refractivity contribution in [3.05, 3.63) is 41.7 Å². The number of aromatic nitrogens is 3. The van der Waals surface area contributed by atoms with Gasteiger partial charge in [0.2, 0.25) is 5.95 Å². The van der Waals surface area contributed by atoms with E-state index in [9.17, 15) is 4.39 Å². The van der Waals surface area contributed by atoms with Crippen LogP contribution in [-0.2, 0) is 13.5 Å². The lowest BCUT2D eigenvalue weighted by Gasteiger charge is -2.24. The monoisotopic (exact) mass is 246 g/mol. The smallest absolute Gasteiger partial charge is 0.212 e. The van der Waals surface area contributed by atoms with E-state index in [0.717, 1.165) is 24.9 Å². The summed E-state index contributed by atoms with van der Waals surface area (Å²) in [7, 11) is 1.97. The van der Waals surface area contributed by atoms with E-state index in [0.29, 0.717) is 0 Å². The van der Waals surface area contributed by atoms with Crippen LogP contribution >= 0.6 is 0 Å². The number of halogens is 1. The molecule has 0 fully saturated rings. The summed E-state index contributed by atoms with van der Waals surface area (Å²) >= 11 is 0.